The quantitative estimate of drug-likeness (QED) is 0.721. The maximum Gasteiger partial charge on any atom is 0.162 e. The fourth-order valence-corrected chi connectivity index (χ4v) is 6.32. The molecule has 7 rings (SSSR count). The van der Waals surface area contributed by atoms with Crippen LogP contribution in [-0.4, -0.2) is 35.9 Å². The first kappa shape index (κ1) is 15.6. The summed E-state index contributed by atoms with van der Waals surface area (Å²) in [6.07, 6.45) is 10.6. The average molecular weight is 365 g/mol. The van der Waals surface area contributed by atoms with Crippen molar-refractivity contribution in [2.24, 2.45) is 11.8 Å². The zero-order valence-corrected chi connectivity index (χ0v) is 15.1. The van der Waals surface area contributed by atoms with Gasteiger partial charge in [-0.25, -0.2) is 0 Å². The van der Waals surface area contributed by atoms with E-state index in [0.29, 0.717) is 0 Å². The van der Waals surface area contributed by atoms with E-state index in [-0.39, 0.29) is 11.1 Å². The molecule has 0 aliphatic heterocycles. The minimum Gasteiger partial charge on any atom is -0.458 e. The molecule has 140 valence electrons. The average Bonchev–Trinajstić information content (AvgIpc) is 3.41. The Morgan fingerprint density at radius 2 is 2.07 bits per heavy atom. The lowest BCUT2D eigenvalue weighted by molar-refractivity contribution is -0.0857. The van der Waals surface area contributed by atoms with E-state index in [1.165, 1.54) is 32.1 Å². The van der Waals surface area contributed by atoms with E-state index in [1.807, 2.05) is 16.9 Å². The molecule has 0 amide bonds. The smallest absolute Gasteiger partial charge is 0.162 e. The minimum atomic E-state index is 0.0395. The molecular weight excluding hydrogens is 342 g/mol. The first-order valence-electron chi connectivity index (χ1n) is 9.79. The van der Waals surface area contributed by atoms with Crippen LogP contribution in [0.3, 0.4) is 0 Å². The normalized spacial score (nSPS) is 34.4. The van der Waals surface area contributed by atoms with Crippen molar-refractivity contribution in [2.45, 2.75) is 56.1 Å². The Bertz CT molecular complexity index is 915. The summed E-state index contributed by atoms with van der Waals surface area (Å²) in [5.41, 5.74) is 1.10. The van der Waals surface area contributed by atoms with Gasteiger partial charge in [0.2, 0.25) is 0 Å². The maximum atomic E-state index is 6.02. The fraction of sp³-hybridized carbons (Fsp3) is 0.579. The van der Waals surface area contributed by atoms with E-state index in [0.717, 1.165) is 42.0 Å². The van der Waals surface area contributed by atoms with Gasteiger partial charge in [-0.2, -0.15) is 9.90 Å². The SMILES string of the molecule is c1cc(-c2ccc(CNC34CC5CC(C3)CC(n3ncnn3)(C5)C4)o2)[nH]n1. The predicted octanol–water partition coefficient (Wildman–Crippen LogP) is 2.49. The van der Waals surface area contributed by atoms with Crippen molar-refractivity contribution in [3.05, 3.63) is 36.5 Å². The van der Waals surface area contributed by atoms with Gasteiger partial charge >= 0.3 is 0 Å². The van der Waals surface area contributed by atoms with Crippen LogP contribution in [-0.2, 0) is 12.1 Å². The molecular formula is C19H23N7O. The van der Waals surface area contributed by atoms with E-state index < -0.39 is 0 Å². The van der Waals surface area contributed by atoms with Gasteiger partial charge < -0.3 is 9.73 Å². The largest absolute Gasteiger partial charge is 0.458 e. The molecule has 3 aromatic heterocycles. The van der Waals surface area contributed by atoms with Gasteiger partial charge in [0.15, 0.2) is 12.1 Å². The molecule has 8 nitrogen and oxygen atoms in total. The van der Waals surface area contributed by atoms with Crippen LogP contribution in [0.1, 0.15) is 44.3 Å². The van der Waals surface area contributed by atoms with Gasteiger partial charge in [0.05, 0.1) is 12.1 Å². The number of tetrazole rings is 1. The van der Waals surface area contributed by atoms with Crippen molar-refractivity contribution in [2.75, 3.05) is 0 Å². The lowest BCUT2D eigenvalue weighted by Gasteiger charge is -2.61. The summed E-state index contributed by atoms with van der Waals surface area (Å²) in [5, 5.41) is 23.5. The van der Waals surface area contributed by atoms with Crippen LogP contribution in [0.4, 0.5) is 0 Å². The second-order valence-corrected chi connectivity index (χ2v) is 8.78. The molecule has 3 aromatic rings. The van der Waals surface area contributed by atoms with E-state index in [1.54, 1.807) is 12.5 Å². The molecule has 0 aromatic carbocycles. The second kappa shape index (κ2) is 5.51. The molecule has 4 aliphatic carbocycles. The van der Waals surface area contributed by atoms with Crippen LogP contribution >= 0.6 is 0 Å². The van der Waals surface area contributed by atoms with E-state index in [9.17, 15) is 0 Å². The second-order valence-electron chi connectivity index (χ2n) is 8.78. The molecule has 27 heavy (non-hydrogen) atoms. The van der Waals surface area contributed by atoms with Crippen LogP contribution in [0, 0.1) is 11.8 Å². The van der Waals surface area contributed by atoms with Crippen LogP contribution in [0.25, 0.3) is 11.5 Å². The Morgan fingerprint density at radius 1 is 1.19 bits per heavy atom. The third-order valence-corrected chi connectivity index (χ3v) is 6.87. The fourth-order valence-electron chi connectivity index (χ4n) is 6.32. The number of H-pyrrole nitrogens is 1. The van der Waals surface area contributed by atoms with Gasteiger partial charge in [-0.15, -0.1) is 10.2 Å². The summed E-state index contributed by atoms with van der Waals surface area (Å²) in [6.45, 7) is 0.744. The standard InChI is InChI=1S/C19H23N7O/c1-2-17(16-3-4-21-24-16)27-15(1)10-20-18-6-13-5-14(7-18)9-19(8-13,11-18)26-23-12-22-25-26/h1-4,12-14,20H,5-11H2,(H,21,24). The molecule has 8 heteroatoms. The van der Waals surface area contributed by atoms with Gasteiger partial charge in [-0.3, -0.25) is 5.10 Å². The Hall–Kier alpha value is -2.48. The number of hydrogen-bond donors (Lipinski definition) is 2. The molecule has 2 unspecified atom stereocenters. The monoisotopic (exact) mass is 365 g/mol. The van der Waals surface area contributed by atoms with Crippen LogP contribution in [0.2, 0.25) is 0 Å². The number of nitrogens with zero attached hydrogens (tertiary/aromatic N) is 5. The Morgan fingerprint density at radius 3 is 2.81 bits per heavy atom. The Kier molecular flexibility index (Phi) is 3.18. The van der Waals surface area contributed by atoms with Gasteiger partial charge in [-0.05, 0) is 73.8 Å². The van der Waals surface area contributed by atoms with E-state index in [4.69, 9.17) is 4.42 Å². The molecule has 4 saturated carbocycles. The molecule has 4 aliphatic rings. The summed E-state index contributed by atoms with van der Waals surface area (Å²) < 4.78 is 6.02. The number of rotatable bonds is 5. The van der Waals surface area contributed by atoms with Crippen LogP contribution in [0.5, 0.6) is 0 Å². The molecule has 4 bridgehead atoms. The van der Waals surface area contributed by atoms with E-state index >= 15 is 0 Å². The Labute approximate surface area is 156 Å². The molecule has 2 N–H and O–H groups in total. The van der Waals surface area contributed by atoms with Gasteiger partial charge in [-0.1, -0.05) is 0 Å². The molecule has 0 saturated heterocycles. The number of aromatic amines is 1. The van der Waals surface area contributed by atoms with E-state index in [2.05, 4.69) is 37.0 Å². The van der Waals surface area contributed by atoms with Crippen molar-refractivity contribution in [1.82, 2.24) is 35.7 Å². The van der Waals surface area contributed by atoms with Crippen molar-refractivity contribution in [1.29, 1.82) is 0 Å². The van der Waals surface area contributed by atoms with Crippen molar-refractivity contribution in [3.8, 4) is 11.5 Å². The topological polar surface area (TPSA) is 97.5 Å². The molecule has 0 spiro atoms. The highest BCUT2D eigenvalue weighted by atomic mass is 16.3. The number of hydrogen-bond acceptors (Lipinski definition) is 6. The number of aromatic nitrogens is 6. The highest BCUT2D eigenvalue weighted by molar-refractivity contribution is 5.51. The predicted molar refractivity (Wildman–Crippen MR) is 96.3 cm³/mol. The third-order valence-electron chi connectivity index (χ3n) is 6.87. The van der Waals surface area contributed by atoms with Crippen molar-refractivity contribution < 1.29 is 4.42 Å². The zero-order chi connectivity index (χ0) is 17.9. The van der Waals surface area contributed by atoms with Crippen LogP contribution < -0.4 is 5.32 Å². The lowest BCUT2D eigenvalue weighted by Crippen LogP contribution is -2.65. The highest BCUT2D eigenvalue weighted by Gasteiger charge is 2.59. The minimum absolute atomic E-state index is 0.0395. The summed E-state index contributed by atoms with van der Waals surface area (Å²) >= 11 is 0. The first-order valence-corrected chi connectivity index (χ1v) is 9.79. The molecule has 0 radical (unpaired) electrons. The maximum absolute atomic E-state index is 6.02. The lowest BCUT2D eigenvalue weighted by atomic mass is 9.50. The highest BCUT2D eigenvalue weighted by Crippen LogP contribution is 2.60. The number of furan rings is 1. The zero-order valence-electron chi connectivity index (χ0n) is 15.1. The van der Waals surface area contributed by atoms with Crippen molar-refractivity contribution in [3.63, 3.8) is 0 Å². The summed E-state index contributed by atoms with van der Waals surface area (Å²) in [7, 11) is 0. The third kappa shape index (κ3) is 2.46. The van der Waals surface area contributed by atoms with Crippen LogP contribution in [0.15, 0.2) is 35.1 Å². The Balaban J connectivity index is 1.23. The van der Waals surface area contributed by atoms with Gasteiger partial charge in [0, 0.05) is 11.7 Å². The molecule has 4 fully saturated rings. The summed E-state index contributed by atoms with van der Waals surface area (Å²) in [4.78, 5) is 1.91. The first-order chi connectivity index (χ1) is 13.2. The molecule has 2 atom stereocenters. The summed E-state index contributed by atoms with van der Waals surface area (Å²) in [6, 6.07) is 5.98. The van der Waals surface area contributed by atoms with Gasteiger partial charge in [0.25, 0.3) is 0 Å². The number of nitrogens with one attached hydrogen (secondary N) is 2. The molecule has 3 heterocycles. The van der Waals surface area contributed by atoms with Gasteiger partial charge in [0.1, 0.15) is 11.5 Å². The summed E-state index contributed by atoms with van der Waals surface area (Å²) in [5.74, 6) is 3.30. The van der Waals surface area contributed by atoms with Crippen molar-refractivity contribution >= 4 is 0 Å².